The van der Waals surface area contributed by atoms with Crippen molar-refractivity contribution in [3.05, 3.63) is 59.7 Å². The lowest BCUT2D eigenvalue weighted by Gasteiger charge is -2.05. The molecular weight excluding hydrogens is 266 g/mol. The molecule has 2 N–H and O–H groups in total. The van der Waals surface area contributed by atoms with Gasteiger partial charge in [-0.25, -0.2) is 0 Å². The molecule has 0 atom stereocenters. The first kappa shape index (κ1) is 14.7. The molecule has 2 rings (SSSR count). The van der Waals surface area contributed by atoms with E-state index in [1.54, 1.807) is 31.4 Å². The van der Waals surface area contributed by atoms with E-state index in [9.17, 15) is 4.79 Å². The van der Waals surface area contributed by atoms with Crippen molar-refractivity contribution in [3.63, 3.8) is 0 Å². The van der Waals surface area contributed by atoms with Crippen LogP contribution in [0.25, 0.3) is 6.08 Å². The zero-order valence-electron chi connectivity index (χ0n) is 12.0. The third-order valence-corrected chi connectivity index (χ3v) is 3.04. The number of allylic oxidation sites excluding steroid dienone is 1. The molecule has 0 heterocycles. The first-order chi connectivity index (χ1) is 10.1. The number of carbonyl (C=O) groups excluding carboxylic acids is 1. The van der Waals surface area contributed by atoms with Crippen LogP contribution in [-0.2, 0) is 0 Å². The van der Waals surface area contributed by atoms with Crippen molar-refractivity contribution in [3.8, 4) is 11.5 Å². The standard InChI is InChI=1S/C17H17NO3/c1-20-14-5-3-4-12(10-14)6-8-16(19)13-7-9-17(21-2)15(18)11-13/h3-11H,18H2,1-2H3/b8-6+. The first-order valence-electron chi connectivity index (χ1n) is 6.44. The maximum Gasteiger partial charge on any atom is 0.185 e. The molecule has 108 valence electrons. The van der Waals surface area contributed by atoms with Gasteiger partial charge < -0.3 is 15.2 Å². The van der Waals surface area contributed by atoms with E-state index in [0.717, 1.165) is 11.3 Å². The quantitative estimate of drug-likeness (QED) is 0.520. The number of methoxy groups -OCH3 is 2. The molecule has 0 amide bonds. The largest absolute Gasteiger partial charge is 0.497 e. The molecule has 0 saturated heterocycles. The number of ketones is 1. The molecule has 0 unspecified atom stereocenters. The van der Waals surface area contributed by atoms with Crippen LogP contribution in [0.2, 0.25) is 0 Å². The second-order valence-electron chi connectivity index (χ2n) is 4.43. The van der Waals surface area contributed by atoms with E-state index in [2.05, 4.69) is 0 Å². The molecule has 2 aromatic carbocycles. The van der Waals surface area contributed by atoms with E-state index in [4.69, 9.17) is 15.2 Å². The molecule has 2 aromatic rings. The van der Waals surface area contributed by atoms with Gasteiger partial charge in [-0.1, -0.05) is 18.2 Å². The second-order valence-corrected chi connectivity index (χ2v) is 4.43. The Morgan fingerprint density at radius 1 is 1.10 bits per heavy atom. The van der Waals surface area contributed by atoms with E-state index in [0.29, 0.717) is 17.0 Å². The molecule has 0 spiro atoms. The normalized spacial score (nSPS) is 10.6. The maximum absolute atomic E-state index is 12.1. The summed E-state index contributed by atoms with van der Waals surface area (Å²) in [7, 11) is 3.14. The minimum Gasteiger partial charge on any atom is -0.497 e. The van der Waals surface area contributed by atoms with Crippen LogP contribution in [0.3, 0.4) is 0 Å². The number of rotatable bonds is 5. The fourth-order valence-corrected chi connectivity index (χ4v) is 1.90. The van der Waals surface area contributed by atoms with Gasteiger partial charge in [0, 0.05) is 5.56 Å². The van der Waals surface area contributed by atoms with Crippen LogP contribution >= 0.6 is 0 Å². The number of nitrogens with two attached hydrogens (primary N) is 1. The van der Waals surface area contributed by atoms with E-state index >= 15 is 0 Å². The molecule has 4 nitrogen and oxygen atoms in total. The number of hydrogen-bond donors (Lipinski definition) is 1. The lowest BCUT2D eigenvalue weighted by atomic mass is 10.1. The van der Waals surface area contributed by atoms with Gasteiger partial charge >= 0.3 is 0 Å². The molecule has 0 radical (unpaired) electrons. The number of nitrogen functional groups attached to an aromatic ring is 1. The topological polar surface area (TPSA) is 61.5 Å². The fraction of sp³-hybridized carbons (Fsp3) is 0.118. The summed E-state index contributed by atoms with van der Waals surface area (Å²) in [6, 6.07) is 12.4. The van der Waals surface area contributed by atoms with E-state index < -0.39 is 0 Å². The van der Waals surface area contributed by atoms with Crippen LogP contribution < -0.4 is 15.2 Å². The van der Waals surface area contributed by atoms with Crippen molar-refractivity contribution in [2.45, 2.75) is 0 Å². The Bertz CT molecular complexity index is 677. The third kappa shape index (κ3) is 3.63. The molecule has 21 heavy (non-hydrogen) atoms. The summed E-state index contributed by atoms with van der Waals surface area (Å²) in [5, 5.41) is 0. The number of anilines is 1. The van der Waals surface area contributed by atoms with Crippen molar-refractivity contribution in [1.29, 1.82) is 0 Å². The summed E-state index contributed by atoms with van der Waals surface area (Å²) in [5.74, 6) is 1.19. The van der Waals surface area contributed by atoms with Crippen LogP contribution in [-0.4, -0.2) is 20.0 Å². The average Bonchev–Trinajstić information content (AvgIpc) is 2.52. The highest BCUT2D eigenvalue weighted by Crippen LogP contribution is 2.22. The summed E-state index contributed by atoms with van der Waals surface area (Å²) >= 11 is 0. The highest BCUT2D eigenvalue weighted by Gasteiger charge is 2.05. The summed E-state index contributed by atoms with van der Waals surface area (Å²) in [5.41, 5.74) is 7.65. The van der Waals surface area contributed by atoms with Gasteiger partial charge in [0.25, 0.3) is 0 Å². The van der Waals surface area contributed by atoms with Gasteiger partial charge in [0.15, 0.2) is 5.78 Å². The molecule has 0 aliphatic rings. The highest BCUT2D eigenvalue weighted by atomic mass is 16.5. The lowest BCUT2D eigenvalue weighted by Crippen LogP contribution is -1.98. The molecule has 0 aliphatic heterocycles. The van der Waals surface area contributed by atoms with Crippen LogP contribution in [0.4, 0.5) is 5.69 Å². The monoisotopic (exact) mass is 283 g/mol. The van der Waals surface area contributed by atoms with Crippen molar-refractivity contribution in [2.75, 3.05) is 20.0 Å². The Hall–Kier alpha value is -2.75. The zero-order valence-corrected chi connectivity index (χ0v) is 12.0. The Morgan fingerprint density at radius 2 is 1.90 bits per heavy atom. The summed E-state index contributed by atoms with van der Waals surface area (Å²) in [6.45, 7) is 0. The Kier molecular flexibility index (Phi) is 4.61. The number of carbonyl (C=O) groups is 1. The van der Waals surface area contributed by atoms with Gasteiger partial charge in [0.2, 0.25) is 0 Å². The highest BCUT2D eigenvalue weighted by molar-refractivity contribution is 6.07. The summed E-state index contributed by atoms with van der Waals surface area (Å²) in [4.78, 5) is 12.1. The van der Waals surface area contributed by atoms with Crippen LogP contribution in [0.1, 0.15) is 15.9 Å². The molecule has 0 saturated carbocycles. The summed E-state index contributed by atoms with van der Waals surface area (Å²) in [6.07, 6.45) is 3.25. The van der Waals surface area contributed by atoms with Crippen molar-refractivity contribution in [1.82, 2.24) is 0 Å². The Labute approximate surface area is 123 Å². The van der Waals surface area contributed by atoms with Crippen LogP contribution in [0, 0.1) is 0 Å². The molecule has 4 heteroatoms. The minimum atomic E-state index is -0.118. The predicted octanol–water partition coefficient (Wildman–Crippen LogP) is 3.18. The van der Waals surface area contributed by atoms with Crippen molar-refractivity contribution in [2.24, 2.45) is 0 Å². The number of ether oxygens (including phenoxy) is 2. The second kappa shape index (κ2) is 6.61. The van der Waals surface area contributed by atoms with Crippen molar-refractivity contribution < 1.29 is 14.3 Å². The van der Waals surface area contributed by atoms with E-state index in [1.165, 1.54) is 13.2 Å². The molecule has 0 aromatic heterocycles. The zero-order chi connectivity index (χ0) is 15.2. The number of hydrogen-bond acceptors (Lipinski definition) is 4. The molecular formula is C17H17NO3. The fourth-order valence-electron chi connectivity index (χ4n) is 1.90. The Balaban J connectivity index is 2.17. The lowest BCUT2D eigenvalue weighted by molar-refractivity contribution is 0.104. The molecule has 0 bridgehead atoms. The average molecular weight is 283 g/mol. The van der Waals surface area contributed by atoms with Gasteiger partial charge in [-0.2, -0.15) is 0 Å². The molecule has 0 aliphatic carbocycles. The van der Waals surface area contributed by atoms with Gasteiger partial charge in [-0.05, 0) is 42.0 Å². The maximum atomic E-state index is 12.1. The SMILES string of the molecule is COc1cccc(/C=C/C(=O)c2ccc(OC)c(N)c2)c1. The van der Waals surface area contributed by atoms with Gasteiger partial charge in [0.05, 0.1) is 19.9 Å². The van der Waals surface area contributed by atoms with Crippen LogP contribution in [0.15, 0.2) is 48.5 Å². The predicted molar refractivity (Wildman–Crippen MR) is 83.8 cm³/mol. The van der Waals surface area contributed by atoms with Gasteiger partial charge in [0.1, 0.15) is 11.5 Å². The third-order valence-electron chi connectivity index (χ3n) is 3.04. The Morgan fingerprint density at radius 3 is 2.57 bits per heavy atom. The summed E-state index contributed by atoms with van der Waals surface area (Å²) < 4.78 is 10.2. The minimum absolute atomic E-state index is 0.118. The first-order valence-corrected chi connectivity index (χ1v) is 6.44. The number of benzene rings is 2. The van der Waals surface area contributed by atoms with Gasteiger partial charge in [-0.3, -0.25) is 4.79 Å². The smallest absolute Gasteiger partial charge is 0.185 e. The molecule has 0 fully saturated rings. The van der Waals surface area contributed by atoms with Crippen molar-refractivity contribution >= 4 is 17.5 Å². The van der Waals surface area contributed by atoms with E-state index in [-0.39, 0.29) is 5.78 Å². The van der Waals surface area contributed by atoms with Gasteiger partial charge in [-0.15, -0.1) is 0 Å². The van der Waals surface area contributed by atoms with Crippen LogP contribution in [0.5, 0.6) is 11.5 Å². The van der Waals surface area contributed by atoms with E-state index in [1.807, 2.05) is 24.3 Å².